The molecule has 2 aromatic carbocycles. The number of rotatable bonds is 12. The van der Waals surface area contributed by atoms with Crippen molar-refractivity contribution < 1.29 is 18.7 Å². The third kappa shape index (κ3) is 6.82. The van der Waals surface area contributed by atoms with E-state index in [1.54, 1.807) is 18.1 Å². The molecule has 168 valence electrons. The van der Waals surface area contributed by atoms with Gasteiger partial charge in [-0.25, -0.2) is 0 Å². The Bertz CT molecular complexity index is 903. The van der Waals surface area contributed by atoms with Gasteiger partial charge in [-0.15, -0.1) is 0 Å². The number of carbonyl (C=O) groups is 2. The Labute approximate surface area is 189 Å². The van der Waals surface area contributed by atoms with Crippen LogP contribution in [0.4, 0.5) is 0 Å². The molecule has 0 spiro atoms. The summed E-state index contributed by atoms with van der Waals surface area (Å²) in [6.45, 7) is 1.69. The highest BCUT2D eigenvalue weighted by Gasteiger charge is 2.18. The van der Waals surface area contributed by atoms with Crippen molar-refractivity contribution in [1.29, 1.82) is 0 Å². The van der Waals surface area contributed by atoms with Gasteiger partial charge in [0.25, 0.3) is 5.91 Å². The first-order chi connectivity index (χ1) is 15.7. The first kappa shape index (κ1) is 23.3. The van der Waals surface area contributed by atoms with Crippen molar-refractivity contribution in [2.24, 2.45) is 0 Å². The minimum Gasteiger partial charge on any atom is -0.472 e. The van der Waals surface area contributed by atoms with E-state index < -0.39 is 0 Å². The average molecular weight is 435 g/mol. The first-order valence-electron chi connectivity index (χ1n) is 10.9. The number of benzene rings is 2. The predicted molar refractivity (Wildman–Crippen MR) is 123 cm³/mol. The molecule has 0 radical (unpaired) electrons. The number of nitrogens with zero attached hydrogens (tertiary/aromatic N) is 1. The second-order valence-electron chi connectivity index (χ2n) is 7.56. The number of amides is 2. The van der Waals surface area contributed by atoms with E-state index in [0.29, 0.717) is 31.8 Å². The van der Waals surface area contributed by atoms with Crippen LogP contribution in [0.25, 0.3) is 0 Å². The third-order valence-corrected chi connectivity index (χ3v) is 5.39. The summed E-state index contributed by atoms with van der Waals surface area (Å²) in [4.78, 5) is 26.7. The molecule has 1 aromatic heterocycles. The van der Waals surface area contributed by atoms with Gasteiger partial charge >= 0.3 is 0 Å². The molecule has 0 bridgehead atoms. The summed E-state index contributed by atoms with van der Waals surface area (Å²) >= 11 is 0. The van der Waals surface area contributed by atoms with Crippen molar-refractivity contribution in [3.8, 4) is 0 Å². The maximum atomic E-state index is 12.6. The van der Waals surface area contributed by atoms with Crippen molar-refractivity contribution in [3.63, 3.8) is 0 Å². The summed E-state index contributed by atoms with van der Waals surface area (Å²) in [5, 5.41) is 3.01. The van der Waals surface area contributed by atoms with Gasteiger partial charge in [-0.05, 0) is 23.6 Å². The van der Waals surface area contributed by atoms with Gasteiger partial charge < -0.3 is 19.4 Å². The lowest BCUT2D eigenvalue weighted by Crippen LogP contribution is -2.37. The summed E-state index contributed by atoms with van der Waals surface area (Å²) in [5.74, 6) is -0.0392. The number of methoxy groups -OCH3 is 1. The van der Waals surface area contributed by atoms with Crippen molar-refractivity contribution in [3.05, 3.63) is 95.9 Å². The Kier molecular flexibility index (Phi) is 9.07. The van der Waals surface area contributed by atoms with Crippen LogP contribution < -0.4 is 5.32 Å². The molecular formula is C26H30N2O4. The summed E-state index contributed by atoms with van der Waals surface area (Å²) in [7, 11) is 1.59. The number of carbonyl (C=O) groups excluding carboxylic acids is 2. The van der Waals surface area contributed by atoms with Crippen molar-refractivity contribution in [2.75, 3.05) is 33.4 Å². The van der Waals surface area contributed by atoms with E-state index in [4.69, 9.17) is 9.15 Å². The Morgan fingerprint density at radius 1 is 0.969 bits per heavy atom. The molecule has 0 saturated heterocycles. The zero-order valence-corrected chi connectivity index (χ0v) is 18.4. The minimum absolute atomic E-state index is 0.0766. The van der Waals surface area contributed by atoms with Gasteiger partial charge in [-0.1, -0.05) is 60.7 Å². The van der Waals surface area contributed by atoms with Crippen LogP contribution in [0.3, 0.4) is 0 Å². The van der Waals surface area contributed by atoms with Crippen LogP contribution in [0.5, 0.6) is 0 Å². The van der Waals surface area contributed by atoms with Gasteiger partial charge in [-0.3, -0.25) is 9.59 Å². The van der Waals surface area contributed by atoms with Crippen LogP contribution >= 0.6 is 0 Å². The van der Waals surface area contributed by atoms with Crippen LogP contribution in [0, 0.1) is 0 Å². The molecule has 3 aromatic rings. The molecule has 6 nitrogen and oxygen atoms in total. The second-order valence-corrected chi connectivity index (χ2v) is 7.56. The summed E-state index contributed by atoms with van der Waals surface area (Å²) < 4.78 is 10.1. The van der Waals surface area contributed by atoms with Gasteiger partial charge in [0, 0.05) is 39.1 Å². The Morgan fingerprint density at radius 2 is 1.62 bits per heavy atom. The lowest BCUT2D eigenvalue weighted by molar-refractivity contribution is -0.121. The summed E-state index contributed by atoms with van der Waals surface area (Å²) in [5.41, 5.74) is 2.92. The molecule has 1 heterocycles. The van der Waals surface area contributed by atoms with Gasteiger partial charge in [-0.2, -0.15) is 0 Å². The number of hydrogen-bond acceptors (Lipinski definition) is 4. The van der Waals surface area contributed by atoms with E-state index in [2.05, 4.69) is 29.6 Å². The van der Waals surface area contributed by atoms with Crippen LogP contribution in [0.1, 0.15) is 40.2 Å². The highest BCUT2D eigenvalue weighted by molar-refractivity contribution is 5.94. The van der Waals surface area contributed by atoms with E-state index in [0.717, 1.165) is 6.42 Å². The molecule has 0 fully saturated rings. The number of hydrogen-bond donors (Lipinski definition) is 1. The van der Waals surface area contributed by atoms with E-state index in [9.17, 15) is 9.59 Å². The molecule has 0 aliphatic rings. The monoisotopic (exact) mass is 434 g/mol. The lowest BCUT2D eigenvalue weighted by Gasteiger charge is -2.22. The fourth-order valence-corrected chi connectivity index (χ4v) is 3.66. The maximum Gasteiger partial charge on any atom is 0.257 e. The molecule has 32 heavy (non-hydrogen) atoms. The van der Waals surface area contributed by atoms with Gasteiger partial charge in [0.05, 0.1) is 18.4 Å². The fourth-order valence-electron chi connectivity index (χ4n) is 3.66. The molecule has 0 aliphatic heterocycles. The standard InChI is InChI=1S/C26H30N2O4/c1-31-19-17-28(26(30)23-14-18-32-20-23)16-13-25(29)27-15-12-24(21-8-4-2-5-9-21)22-10-6-3-7-11-22/h2-11,14,18,20,24H,12-13,15-17,19H2,1H3,(H,27,29). The number of ether oxygens (including phenoxy) is 1. The zero-order chi connectivity index (χ0) is 22.6. The zero-order valence-electron chi connectivity index (χ0n) is 18.4. The van der Waals surface area contributed by atoms with Gasteiger partial charge in [0.2, 0.25) is 5.91 Å². The largest absolute Gasteiger partial charge is 0.472 e. The highest BCUT2D eigenvalue weighted by atomic mass is 16.5. The Morgan fingerprint density at radius 3 is 2.19 bits per heavy atom. The minimum atomic E-state index is -0.170. The van der Waals surface area contributed by atoms with Crippen LogP contribution in [-0.4, -0.2) is 50.1 Å². The second kappa shape index (κ2) is 12.5. The Balaban J connectivity index is 1.53. The van der Waals surface area contributed by atoms with Crippen molar-refractivity contribution >= 4 is 11.8 Å². The van der Waals surface area contributed by atoms with Crippen LogP contribution in [0.2, 0.25) is 0 Å². The molecule has 1 N–H and O–H groups in total. The van der Waals surface area contributed by atoms with Gasteiger partial charge in [0.1, 0.15) is 6.26 Å². The van der Waals surface area contributed by atoms with Gasteiger partial charge in [0.15, 0.2) is 0 Å². The molecule has 6 heteroatoms. The van der Waals surface area contributed by atoms with E-state index in [1.807, 2.05) is 36.4 Å². The lowest BCUT2D eigenvalue weighted by atomic mass is 9.88. The fraction of sp³-hybridized carbons (Fsp3) is 0.308. The van der Waals surface area contributed by atoms with Crippen molar-refractivity contribution in [2.45, 2.75) is 18.8 Å². The van der Waals surface area contributed by atoms with Crippen molar-refractivity contribution in [1.82, 2.24) is 10.2 Å². The van der Waals surface area contributed by atoms with Crippen LogP contribution in [0.15, 0.2) is 83.7 Å². The van der Waals surface area contributed by atoms with E-state index in [-0.39, 0.29) is 24.2 Å². The molecule has 0 aliphatic carbocycles. The van der Waals surface area contributed by atoms with E-state index >= 15 is 0 Å². The average Bonchev–Trinajstić information content (AvgIpc) is 3.38. The topological polar surface area (TPSA) is 71.8 Å². The quantitative estimate of drug-likeness (QED) is 0.466. The first-order valence-corrected chi connectivity index (χ1v) is 10.9. The third-order valence-electron chi connectivity index (χ3n) is 5.39. The van der Waals surface area contributed by atoms with Crippen LogP contribution in [-0.2, 0) is 9.53 Å². The number of furan rings is 1. The normalized spacial score (nSPS) is 10.8. The maximum absolute atomic E-state index is 12.6. The molecule has 0 saturated carbocycles. The molecule has 3 rings (SSSR count). The summed E-state index contributed by atoms with van der Waals surface area (Å²) in [6, 6.07) is 22.3. The number of nitrogens with one attached hydrogen (secondary N) is 1. The highest BCUT2D eigenvalue weighted by Crippen LogP contribution is 2.27. The smallest absolute Gasteiger partial charge is 0.257 e. The molecule has 0 atom stereocenters. The summed E-state index contributed by atoms with van der Waals surface area (Å²) in [6.07, 6.45) is 3.90. The molecular weight excluding hydrogens is 404 g/mol. The molecule has 2 amide bonds. The van der Waals surface area contributed by atoms with E-state index in [1.165, 1.54) is 23.7 Å². The SMILES string of the molecule is COCCN(CCC(=O)NCCC(c1ccccc1)c1ccccc1)C(=O)c1ccoc1. The molecule has 0 unspecified atom stereocenters. The Hall–Kier alpha value is -3.38. The predicted octanol–water partition coefficient (Wildman–Crippen LogP) is 4.10.